The number of amides is 1. The van der Waals surface area contributed by atoms with Crippen LogP contribution in [0.5, 0.6) is 0 Å². The van der Waals surface area contributed by atoms with Gasteiger partial charge in [-0.3, -0.25) is 4.79 Å². The van der Waals surface area contributed by atoms with Gasteiger partial charge in [0.2, 0.25) is 5.91 Å². The van der Waals surface area contributed by atoms with E-state index in [1.807, 2.05) is 18.7 Å². The third kappa shape index (κ3) is 3.12. The Morgan fingerprint density at radius 1 is 1.24 bits per heavy atom. The van der Waals surface area contributed by atoms with Crippen molar-refractivity contribution >= 4 is 18.3 Å². The molecule has 5 heteroatoms. The van der Waals surface area contributed by atoms with E-state index < -0.39 is 5.54 Å². The molecule has 1 amide bonds. The van der Waals surface area contributed by atoms with Crippen LogP contribution in [-0.2, 0) is 9.53 Å². The Bertz CT molecular complexity index is 270. The lowest BCUT2D eigenvalue weighted by molar-refractivity contribution is -0.148. The molecule has 100 valence electrons. The number of nitrogens with two attached hydrogens (primary N) is 1. The zero-order valence-electron chi connectivity index (χ0n) is 10.6. The molecule has 0 bridgehead atoms. The van der Waals surface area contributed by atoms with Gasteiger partial charge < -0.3 is 15.4 Å². The smallest absolute Gasteiger partial charge is 0.242 e. The summed E-state index contributed by atoms with van der Waals surface area (Å²) in [6.07, 6.45) is 4.09. The summed E-state index contributed by atoms with van der Waals surface area (Å²) in [4.78, 5) is 14.3. The quantitative estimate of drug-likeness (QED) is 0.775. The van der Waals surface area contributed by atoms with Crippen molar-refractivity contribution in [1.29, 1.82) is 0 Å². The fourth-order valence-corrected chi connectivity index (χ4v) is 2.88. The molecule has 2 rings (SSSR count). The zero-order chi connectivity index (χ0) is 11.8. The number of morpholine rings is 1. The topological polar surface area (TPSA) is 55.6 Å². The monoisotopic (exact) mass is 262 g/mol. The first-order valence-electron chi connectivity index (χ1n) is 6.25. The largest absolute Gasteiger partial charge is 0.372 e. The number of carbonyl (C=O) groups excluding carboxylic acids is 1. The molecule has 1 heterocycles. The van der Waals surface area contributed by atoms with Crippen molar-refractivity contribution in [3.63, 3.8) is 0 Å². The van der Waals surface area contributed by atoms with Crippen LogP contribution >= 0.6 is 12.4 Å². The van der Waals surface area contributed by atoms with Crippen LogP contribution in [0.2, 0.25) is 0 Å². The van der Waals surface area contributed by atoms with Crippen molar-refractivity contribution in [1.82, 2.24) is 4.90 Å². The van der Waals surface area contributed by atoms with Crippen molar-refractivity contribution in [2.24, 2.45) is 5.73 Å². The molecular weight excluding hydrogens is 240 g/mol. The predicted octanol–water partition coefficient (Wildman–Crippen LogP) is 1.32. The summed E-state index contributed by atoms with van der Waals surface area (Å²) < 4.78 is 5.63. The second-order valence-electron chi connectivity index (χ2n) is 5.33. The Kier molecular flexibility index (Phi) is 4.81. The van der Waals surface area contributed by atoms with Gasteiger partial charge in [-0.15, -0.1) is 12.4 Å². The van der Waals surface area contributed by atoms with E-state index in [4.69, 9.17) is 10.5 Å². The normalized spacial score (nSPS) is 32.1. The zero-order valence-corrected chi connectivity index (χ0v) is 11.5. The number of carbonyl (C=O) groups is 1. The summed E-state index contributed by atoms with van der Waals surface area (Å²) in [5, 5.41) is 0. The standard InChI is InChI=1S/C12H22N2O2.ClH/c1-9-7-14(8-10(2)16-9)11(15)12(13)5-3-4-6-12;/h9-10H,3-8,13H2,1-2H3;1H. The fourth-order valence-electron chi connectivity index (χ4n) is 2.88. The van der Waals surface area contributed by atoms with Gasteiger partial charge in [0.1, 0.15) is 0 Å². The minimum atomic E-state index is -0.587. The number of nitrogens with zero attached hydrogens (tertiary/aromatic N) is 1. The van der Waals surface area contributed by atoms with E-state index in [2.05, 4.69) is 0 Å². The molecule has 1 saturated heterocycles. The Morgan fingerprint density at radius 3 is 2.18 bits per heavy atom. The molecule has 0 aromatic rings. The van der Waals surface area contributed by atoms with Crippen LogP contribution in [-0.4, -0.2) is 41.6 Å². The molecule has 2 aliphatic rings. The van der Waals surface area contributed by atoms with E-state index in [0.717, 1.165) is 25.7 Å². The minimum Gasteiger partial charge on any atom is -0.372 e. The van der Waals surface area contributed by atoms with Crippen LogP contribution in [0.1, 0.15) is 39.5 Å². The Hall–Kier alpha value is -0.320. The van der Waals surface area contributed by atoms with Gasteiger partial charge in [-0.25, -0.2) is 0 Å². The van der Waals surface area contributed by atoms with Gasteiger partial charge in [-0.2, -0.15) is 0 Å². The van der Waals surface area contributed by atoms with Crippen LogP contribution < -0.4 is 5.73 Å². The van der Waals surface area contributed by atoms with Crippen molar-refractivity contribution in [2.45, 2.75) is 57.3 Å². The van der Waals surface area contributed by atoms with Crippen molar-refractivity contribution < 1.29 is 9.53 Å². The lowest BCUT2D eigenvalue weighted by atomic mass is 9.96. The molecule has 1 aliphatic carbocycles. The minimum absolute atomic E-state index is 0. The molecule has 2 unspecified atom stereocenters. The molecule has 1 aliphatic heterocycles. The van der Waals surface area contributed by atoms with Gasteiger partial charge in [-0.05, 0) is 26.7 Å². The SMILES string of the molecule is CC1CN(C(=O)C2(N)CCCC2)CC(C)O1.Cl. The van der Waals surface area contributed by atoms with Crippen LogP contribution in [0.15, 0.2) is 0 Å². The third-order valence-corrected chi connectivity index (χ3v) is 3.63. The first-order chi connectivity index (χ1) is 7.51. The molecule has 1 saturated carbocycles. The molecule has 2 fully saturated rings. The molecule has 0 aromatic carbocycles. The van der Waals surface area contributed by atoms with E-state index in [1.54, 1.807) is 0 Å². The van der Waals surface area contributed by atoms with Gasteiger partial charge in [0.15, 0.2) is 0 Å². The molecule has 2 atom stereocenters. The molecule has 0 radical (unpaired) electrons. The maximum Gasteiger partial charge on any atom is 0.242 e. The van der Waals surface area contributed by atoms with E-state index in [-0.39, 0.29) is 30.5 Å². The predicted molar refractivity (Wildman–Crippen MR) is 69.2 cm³/mol. The summed E-state index contributed by atoms with van der Waals surface area (Å²) in [5.74, 6) is 0.131. The van der Waals surface area contributed by atoms with E-state index >= 15 is 0 Å². The van der Waals surface area contributed by atoms with Crippen LogP contribution in [0.4, 0.5) is 0 Å². The maximum absolute atomic E-state index is 12.4. The summed E-state index contributed by atoms with van der Waals surface area (Å²) in [5.41, 5.74) is 5.61. The van der Waals surface area contributed by atoms with Crippen molar-refractivity contribution in [2.75, 3.05) is 13.1 Å². The maximum atomic E-state index is 12.4. The average Bonchev–Trinajstić information content (AvgIpc) is 2.64. The Labute approximate surface area is 109 Å². The number of hydrogen-bond donors (Lipinski definition) is 1. The van der Waals surface area contributed by atoms with Gasteiger partial charge >= 0.3 is 0 Å². The average molecular weight is 263 g/mol. The van der Waals surface area contributed by atoms with Gasteiger partial charge in [-0.1, -0.05) is 12.8 Å². The Balaban J connectivity index is 0.00000144. The summed E-state index contributed by atoms with van der Waals surface area (Å²) in [6.45, 7) is 5.38. The highest BCUT2D eigenvalue weighted by atomic mass is 35.5. The number of rotatable bonds is 1. The lowest BCUT2D eigenvalue weighted by Gasteiger charge is -2.39. The molecule has 2 N–H and O–H groups in total. The second-order valence-corrected chi connectivity index (χ2v) is 5.33. The highest BCUT2D eigenvalue weighted by Crippen LogP contribution is 2.29. The fraction of sp³-hybridized carbons (Fsp3) is 0.917. The molecule has 0 spiro atoms. The lowest BCUT2D eigenvalue weighted by Crippen LogP contribution is -2.58. The van der Waals surface area contributed by atoms with E-state index in [9.17, 15) is 4.79 Å². The van der Waals surface area contributed by atoms with E-state index in [1.165, 1.54) is 0 Å². The van der Waals surface area contributed by atoms with Gasteiger partial charge in [0.05, 0.1) is 17.7 Å². The van der Waals surface area contributed by atoms with Gasteiger partial charge in [0, 0.05) is 13.1 Å². The van der Waals surface area contributed by atoms with Crippen molar-refractivity contribution in [3.05, 3.63) is 0 Å². The van der Waals surface area contributed by atoms with Crippen LogP contribution in [0.3, 0.4) is 0 Å². The van der Waals surface area contributed by atoms with Gasteiger partial charge in [0.25, 0.3) is 0 Å². The summed E-state index contributed by atoms with van der Waals surface area (Å²) in [7, 11) is 0. The molecule has 0 aromatic heterocycles. The Morgan fingerprint density at radius 2 is 1.71 bits per heavy atom. The number of ether oxygens (including phenoxy) is 1. The summed E-state index contributed by atoms with van der Waals surface area (Å²) in [6, 6.07) is 0. The highest BCUT2D eigenvalue weighted by molar-refractivity contribution is 5.86. The van der Waals surface area contributed by atoms with Crippen molar-refractivity contribution in [3.8, 4) is 0 Å². The molecular formula is C12H23ClN2O2. The molecule has 17 heavy (non-hydrogen) atoms. The third-order valence-electron chi connectivity index (χ3n) is 3.63. The summed E-state index contributed by atoms with van der Waals surface area (Å²) >= 11 is 0. The first-order valence-corrected chi connectivity index (χ1v) is 6.25. The first kappa shape index (κ1) is 14.7. The molecule has 4 nitrogen and oxygen atoms in total. The number of halogens is 1. The van der Waals surface area contributed by atoms with Crippen LogP contribution in [0.25, 0.3) is 0 Å². The van der Waals surface area contributed by atoms with E-state index in [0.29, 0.717) is 13.1 Å². The van der Waals surface area contributed by atoms with Crippen LogP contribution in [0, 0.1) is 0 Å². The number of hydrogen-bond acceptors (Lipinski definition) is 3. The second kappa shape index (κ2) is 5.55. The highest BCUT2D eigenvalue weighted by Gasteiger charge is 2.41.